The molecule has 3 aromatic rings. The molecule has 0 radical (unpaired) electrons. The minimum atomic E-state index is -0.128. The van der Waals surface area contributed by atoms with E-state index in [1.165, 1.54) is 5.57 Å². The molecule has 0 amide bonds. The standard InChI is InChI=1S/C26H26N2O3/c1-14-13-26(4,5)28-18-11-10-17-24-19(29-6)8-7-9-20(24)31-21(25(17)23(14)18)12-22-27-15(2)16(3)30-22/h7-13,28H,1-6H3/b21-12+. The lowest BCUT2D eigenvalue weighted by Crippen LogP contribution is -2.32. The van der Waals surface area contributed by atoms with Crippen LogP contribution in [0.3, 0.4) is 0 Å². The minimum absolute atomic E-state index is 0.128. The number of anilines is 1. The molecular weight excluding hydrogens is 388 g/mol. The number of fused-ring (bicyclic) bond motifs is 5. The van der Waals surface area contributed by atoms with Gasteiger partial charge in [-0.05, 0) is 58.4 Å². The molecule has 0 spiro atoms. The molecule has 0 saturated heterocycles. The SMILES string of the molecule is COc1cccc2c1-c1ccc3c(c1/C(=C\c1nc(C)c(C)o1)O2)C(C)=CC(C)(C)N3. The third-order valence-electron chi connectivity index (χ3n) is 5.88. The zero-order chi connectivity index (χ0) is 21.9. The van der Waals surface area contributed by atoms with Gasteiger partial charge in [-0.3, -0.25) is 0 Å². The first-order chi connectivity index (χ1) is 14.8. The van der Waals surface area contributed by atoms with Crippen LogP contribution in [0.4, 0.5) is 5.69 Å². The Morgan fingerprint density at radius 3 is 2.55 bits per heavy atom. The van der Waals surface area contributed by atoms with Crippen LogP contribution in [-0.2, 0) is 0 Å². The fraction of sp³-hybridized carbons (Fsp3) is 0.269. The normalized spacial score (nSPS) is 17.1. The molecule has 1 N–H and O–H groups in total. The monoisotopic (exact) mass is 414 g/mol. The summed E-state index contributed by atoms with van der Waals surface area (Å²) in [5.74, 6) is 3.59. The Kier molecular flexibility index (Phi) is 4.26. The molecule has 2 aliphatic heterocycles. The summed E-state index contributed by atoms with van der Waals surface area (Å²) in [6.45, 7) is 10.3. The number of hydrogen-bond donors (Lipinski definition) is 1. The van der Waals surface area contributed by atoms with Crippen LogP contribution >= 0.6 is 0 Å². The van der Waals surface area contributed by atoms with Gasteiger partial charge in [0, 0.05) is 28.5 Å². The highest BCUT2D eigenvalue weighted by molar-refractivity contribution is 6.01. The van der Waals surface area contributed by atoms with Gasteiger partial charge in [0.1, 0.15) is 23.0 Å². The van der Waals surface area contributed by atoms with E-state index in [2.05, 4.69) is 49.3 Å². The van der Waals surface area contributed by atoms with E-state index in [0.29, 0.717) is 11.6 Å². The maximum atomic E-state index is 6.45. The second kappa shape index (κ2) is 6.77. The molecule has 0 atom stereocenters. The number of oxazole rings is 1. The topological polar surface area (TPSA) is 56.5 Å². The summed E-state index contributed by atoms with van der Waals surface area (Å²) in [7, 11) is 1.69. The molecule has 158 valence electrons. The van der Waals surface area contributed by atoms with E-state index in [9.17, 15) is 0 Å². The van der Waals surface area contributed by atoms with Crippen LogP contribution < -0.4 is 14.8 Å². The number of aryl methyl sites for hydroxylation is 2. The summed E-state index contributed by atoms with van der Waals surface area (Å²) in [5.41, 5.74) is 7.19. The van der Waals surface area contributed by atoms with Crippen molar-refractivity contribution in [3.8, 4) is 22.6 Å². The fourth-order valence-corrected chi connectivity index (χ4v) is 4.55. The van der Waals surface area contributed by atoms with Crippen LogP contribution in [0.25, 0.3) is 28.5 Å². The molecule has 31 heavy (non-hydrogen) atoms. The molecule has 1 aromatic heterocycles. The first-order valence-corrected chi connectivity index (χ1v) is 10.4. The zero-order valence-electron chi connectivity index (χ0n) is 18.7. The number of benzene rings is 2. The quantitative estimate of drug-likeness (QED) is 0.521. The molecule has 0 bridgehead atoms. The van der Waals surface area contributed by atoms with Crippen LogP contribution in [0.1, 0.15) is 49.2 Å². The number of nitrogens with one attached hydrogen (secondary N) is 1. The van der Waals surface area contributed by atoms with E-state index in [0.717, 1.165) is 50.9 Å². The highest BCUT2D eigenvalue weighted by atomic mass is 16.5. The predicted molar refractivity (Wildman–Crippen MR) is 124 cm³/mol. The summed E-state index contributed by atoms with van der Waals surface area (Å²) in [6, 6.07) is 10.1. The Morgan fingerprint density at radius 1 is 1.03 bits per heavy atom. The number of aromatic nitrogens is 1. The van der Waals surface area contributed by atoms with E-state index in [4.69, 9.17) is 13.9 Å². The Bertz CT molecular complexity index is 1260. The molecule has 0 aliphatic carbocycles. The Morgan fingerprint density at radius 2 is 1.84 bits per heavy atom. The lowest BCUT2D eigenvalue weighted by atomic mass is 9.83. The molecule has 0 fully saturated rings. The Hall–Kier alpha value is -3.47. The smallest absolute Gasteiger partial charge is 0.222 e. The molecule has 5 rings (SSSR count). The minimum Gasteiger partial charge on any atom is -0.496 e. The molecule has 0 unspecified atom stereocenters. The number of ether oxygens (including phenoxy) is 2. The largest absolute Gasteiger partial charge is 0.496 e. The summed E-state index contributed by atoms with van der Waals surface area (Å²) in [6.07, 6.45) is 4.14. The van der Waals surface area contributed by atoms with Crippen molar-refractivity contribution in [2.75, 3.05) is 12.4 Å². The summed E-state index contributed by atoms with van der Waals surface area (Å²) in [5, 5.41) is 3.64. The van der Waals surface area contributed by atoms with E-state index in [1.807, 2.05) is 38.1 Å². The number of nitrogens with zero attached hydrogens (tertiary/aromatic N) is 1. The maximum Gasteiger partial charge on any atom is 0.222 e. The number of rotatable bonds is 2. The average Bonchev–Trinajstić information content (AvgIpc) is 3.02. The highest BCUT2D eigenvalue weighted by Gasteiger charge is 2.32. The van der Waals surface area contributed by atoms with Crippen molar-refractivity contribution in [2.24, 2.45) is 0 Å². The van der Waals surface area contributed by atoms with Crippen molar-refractivity contribution in [3.63, 3.8) is 0 Å². The van der Waals surface area contributed by atoms with Crippen molar-refractivity contribution in [1.29, 1.82) is 0 Å². The van der Waals surface area contributed by atoms with Gasteiger partial charge in [-0.2, -0.15) is 0 Å². The molecular formula is C26H26N2O3. The van der Waals surface area contributed by atoms with E-state index in [-0.39, 0.29) is 5.54 Å². The first-order valence-electron chi connectivity index (χ1n) is 10.4. The number of hydrogen-bond acceptors (Lipinski definition) is 5. The zero-order valence-corrected chi connectivity index (χ0v) is 18.7. The molecule has 5 nitrogen and oxygen atoms in total. The van der Waals surface area contributed by atoms with Gasteiger partial charge in [0.25, 0.3) is 0 Å². The second-order valence-electron chi connectivity index (χ2n) is 8.72. The molecule has 2 aromatic carbocycles. The van der Waals surface area contributed by atoms with Gasteiger partial charge < -0.3 is 19.2 Å². The van der Waals surface area contributed by atoms with Gasteiger partial charge >= 0.3 is 0 Å². The van der Waals surface area contributed by atoms with Crippen molar-refractivity contribution < 1.29 is 13.9 Å². The van der Waals surface area contributed by atoms with Crippen LogP contribution in [0.15, 0.2) is 40.8 Å². The van der Waals surface area contributed by atoms with Crippen molar-refractivity contribution in [1.82, 2.24) is 4.98 Å². The Labute approximate surface area is 182 Å². The van der Waals surface area contributed by atoms with Crippen molar-refractivity contribution in [3.05, 3.63) is 64.9 Å². The van der Waals surface area contributed by atoms with E-state index in [1.54, 1.807) is 7.11 Å². The lowest BCUT2D eigenvalue weighted by molar-refractivity contribution is 0.412. The van der Waals surface area contributed by atoms with Crippen LogP contribution in [0, 0.1) is 13.8 Å². The van der Waals surface area contributed by atoms with Crippen molar-refractivity contribution in [2.45, 2.75) is 40.2 Å². The number of allylic oxidation sites excluding steroid dienone is 1. The summed E-state index contributed by atoms with van der Waals surface area (Å²) < 4.78 is 18.0. The van der Waals surface area contributed by atoms with Gasteiger partial charge in [0.15, 0.2) is 0 Å². The van der Waals surface area contributed by atoms with Crippen LogP contribution in [0.5, 0.6) is 11.5 Å². The molecule has 5 heteroatoms. The predicted octanol–water partition coefficient (Wildman–Crippen LogP) is 6.46. The average molecular weight is 415 g/mol. The van der Waals surface area contributed by atoms with E-state index >= 15 is 0 Å². The lowest BCUT2D eigenvalue weighted by Gasteiger charge is -2.35. The molecule has 0 saturated carbocycles. The van der Waals surface area contributed by atoms with Gasteiger partial charge in [0.2, 0.25) is 5.89 Å². The van der Waals surface area contributed by atoms with Crippen LogP contribution in [0.2, 0.25) is 0 Å². The van der Waals surface area contributed by atoms with Gasteiger partial charge in [0.05, 0.1) is 23.9 Å². The molecule has 2 aliphatic rings. The van der Waals surface area contributed by atoms with Crippen LogP contribution in [-0.4, -0.2) is 17.6 Å². The summed E-state index contributed by atoms with van der Waals surface area (Å²) >= 11 is 0. The Balaban J connectivity index is 1.82. The highest BCUT2D eigenvalue weighted by Crippen LogP contribution is 2.51. The van der Waals surface area contributed by atoms with Gasteiger partial charge in [-0.15, -0.1) is 0 Å². The molecule has 3 heterocycles. The maximum absolute atomic E-state index is 6.45. The third-order valence-corrected chi connectivity index (χ3v) is 5.88. The fourth-order valence-electron chi connectivity index (χ4n) is 4.55. The van der Waals surface area contributed by atoms with Crippen molar-refractivity contribution >= 4 is 23.1 Å². The van der Waals surface area contributed by atoms with Gasteiger partial charge in [-0.1, -0.05) is 18.2 Å². The second-order valence-corrected chi connectivity index (χ2v) is 8.72. The summed E-state index contributed by atoms with van der Waals surface area (Å²) in [4.78, 5) is 4.54. The third kappa shape index (κ3) is 3.12. The van der Waals surface area contributed by atoms with E-state index < -0.39 is 0 Å². The van der Waals surface area contributed by atoms with Gasteiger partial charge in [-0.25, -0.2) is 4.98 Å². The number of methoxy groups -OCH3 is 1. The first kappa shape index (κ1) is 19.5.